The number of aryl methyl sites for hydroxylation is 1. The molecule has 17 heavy (non-hydrogen) atoms. The number of likely N-dealkylation sites (tertiary alicyclic amines) is 1. The van der Waals surface area contributed by atoms with E-state index in [4.69, 9.17) is 11.6 Å². The van der Waals surface area contributed by atoms with Crippen LogP contribution in [0.4, 0.5) is 0 Å². The van der Waals surface area contributed by atoms with Gasteiger partial charge in [-0.2, -0.15) is 0 Å². The Labute approximate surface area is 108 Å². The summed E-state index contributed by atoms with van der Waals surface area (Å²) in [4.78, 5) is 14.0. The molecule has 0 atom stereocenters. The minimum Gasteiger partial charge on any atom is -0.342 e. The van der Waals surface area contributed by atoms with Crippen LogP contribution in [0.3, 0.4) is 0 Å². The molecule has 92 valence electrons. The van der Waals surface area contributed by atoms with Gasteiger partial charge in [0, 0.05) is 18.5 Å². The molecule has 1 amide bonds. The highest BCUT2D eigenvalue weighted by molar-refractivity contribution is 6.20. The second kappa shape index (κ2) is 5.54. The topological polar surface area (TPSA) is 20.3 Å². The number of amides is 1. The fourth-order valence-electron chi connectivity index (χ4n) is 2.09. The lowest BCUT2D eigenvalue weighted by molar-refractivity contribution is -0.131. The summed E-state index contributed by atoms with van der Waals surface area (Å²) in [6, 6.07) is 8.16. The molecular formula is C14H18ClNO. The Morgan fingerprint density at radius 3 is 2.47 bits per heavy atom. The number of hydrogen-bond donors (Lipinski definition) is 0. The lowest BCUT2D eigenvalue weighted by Gasteiger charge is -2.29. The molecule has 0 aromatic heterocycles. The van der Waals surface area contributed by atoms with Crippen molar-refractivity contribution in [3.05, 3.63) is 35.4 Å². The maximum absolute atomic E-state index is 12.0. The largest absolute Gasteiger partial charge is 0.342 e. The van der Waals surface area contributed by atoms with Gasteiger partial charge >= 0.3 is 0 Å². The Hall–Kier alpha value is -1.02. The molecule has 2 nitrogen and oxygen atoms in total. The van der Waals surface area contributed by atoms with E-state index in [2.05, 4.69) is 6.92 Å². The van der Waals surface area contributed by atoms with Gasteiger partial charge in [0.1, 0.15) is 0 Å². The summed E-state index contributed by atoms with van der Waals surface area (Å²) < 4.78 is 0. The highest BCUT2D eigenvalue weighted by Gasteiger charge is 2.21. The van der Waals surface area contributed by atoms with Crippen LogP contribution in [-0.2, 0) is 11.2 Å². The van der Waals surface area contributed by atoms with Crippen LogP contribution in [0.2, 0.25) is 0 Å². The maximum Gasteiger partial charge on any atom is 0.226 e. The quantitative estimate of drug-likeness (QED) is 0.741. The van der Waals surface area contributed by atoms with E-state index in [0.717, 1.165) is 31.5 Å². The molecule has 1 aliphatic heterocycles. The summed E-state index contributed by atoms with van der Waals surface area (Å²) in [6.45, 7) is 3.66. The van der Waals surface area contributed by atoms with Crippen LogP contribution in [-0.4, -0.2) is 29.3 Å². The zero-order chi connectivity index (χ0) is 12.3. The number of carbonyl (C=O) groups excluding carboxylic acids is 1. The zero-order valence-electron chi connectivity index (χ0n) is 10.2. The first-order chi connectivity index (χ1) is 8.15. The van der Waals surface area contributed by atoms with Gasteiger partial charge in [0.2, 0.25) is 5.91 Å². The van der Waals surface area contributed by atoms with Crippen molar-refractivity contribution in [1.82, 2.24) is 4.90 Å². The zero-order valence-corrected chi connectivity index (χ0v) is 10.9. The summed E-state index contributed by atoms with van der Waals surface area (Å²) in [7, 11) is 0. The average molecular weight is 252 g/mol. The minimum atomic E-state index is 0.220. The number of piperidine rings is 1. The first-order valence-corrected chi connectivity index (χ1v) is 6.56. The van der Waals surface area contributed by atoms with Crippen molar-refractivity contribution in [3.63, 3.8) is 0 Å². The van der Waals surface area contributed by atoms with E-state index in [-0.39, 0.29) is 11.3 Å². The third-order valence-corrected chi connectivity index (χ3v) is 3.69. The van der Waals surface area contributed by atoms with Crippen LogP contribution in [0.15, 0.2) is 24.3 Å². The molecule has 0 saturated carbocycles. The Bertz CT molecular complexity index is 380. The van der Waals surface area contributed by atoms with E-state index >= 15 is 0 Å². The number of alkyl halides is 1. The Balaban J connectivity index is 1.90. The Kier molecular flexibility index (Phi) is 4.06. The molecule has 0 N–H and O–H groups in total. The first kappa shape index (κ1) is 12.4. The standard InChI is InChI=1S/C14H18ClNO/c1-11-2-4-12(5-3-11)10-14(17)16-8-6-13(15)7-9-16/h2-5,13H,6-10H2,1H3. The molecule has 1 aromatic rings. The molecular weight excluding hydrogens is 234 g/mol. The van der Waals surface area contributed by atoms with Gasteiger partial charge in [-0.05, 0) is 25.3 Å². The van der Waals surface area contributed by atoms with E-state index in [0.29, 0.717) is 6.42 Å². The molecule has 0 radical (unpaired) electrons. The summed E-state index contributed by atoms with van der Waals surface area (Å²) in [5.74, 6) is 0.220. The minimum absolute atomic E-state index is 0.220. The SMILES string of the molecule is Cc1ccc(CC(=O)N2CCC(Cl)CC2)cc1. The van der Waals surface area contributed by atoms with Crippen molar-refractivity contribution < 1.29 is 4.79 Å². The number of carbonyl (C=O) groups is 1. The van der Waals surface area contributed by atoms with E-state index < -0.39 is 0 Å². The lowest BCUT2D eigenvalue weighted by Crippen LogP contribution is -2.39. The van der Waals surface area contributed by atoms with Gasteiger partial charge in [0.15, 0.2) is 0 Å². The maximum atomic E-state index is 12.0. The van der Waals surface area contributed by atoms with E-state index in [1.165, 1.54) is 5.56 Å². The smallest absolute Gasteiger partial charge is 0.226 e. The van der Waals surface area contributed by atoms with Crippen molar-refractivity contribution in [3.8, 4) is 0 Å². The molecule has 0 aliphatic carbocycles. The highest BCUT2D eigenvalue weighted by Crippen LogP contribution is 2.16. The van der Waals surface area contributed by atoms with Crippen molar-refractivity contribution in [2.45, 2.75) is 31.6 Å². The summed E-state index contributed by atoms with van der Waals surface area (Å²) in [5.41, 5.74) is 2.32. The predicted octanol–water partition coefficient (Wildman–Crippen LogP) is 2.77. The fraction of sp³-hybridized carbons (Fsp3) is 0.500. The van der Waals surface area contributed by atoms with Crippen LogP contribution in [0.1, 0.15) is 24.0 Å². The molecule has 1 fully saturated rings. The number of halogens is 1. The fourth-order valence-corrected chi connectivity index (χ4v) is 2.28. The van der Waals surface area contributed by atoms with Gasteiger partial charge in [-0.15, -0.1) is 11.6 Å². The van der Waals surface area contributed by atoms with Crippen molar-refractivity contribution in [2.75, 3.05) is 13.1 Å². The normalized spacial score (nSPS) is 17.2. The van der Waals surface area contributed by atoms with Gasteiger partial charge in [0.05, 0.1) is 6.42 Å². The van der Waals surface area contributed by atoms with Crippen molar-refractivity contribution in [2.24, 2.45) is 0 Å². The number of hydrogen-bond acceptors (Lipinski definition) is 1. The number of rotatable bonds is 2. The molecule has 0 unspecified atom stereocenters. The molecule has 1 aromatic carbocycles. The molecule has 1 saturated heterocycles. The second-order valence-electron chi connectivity index (χ2n) is 4.72. The van der Waals surface area contributed by atoms with Crippen molar-refractivity contribution >= 4 is 17.5 Å². The van der Waals surface area contributed by atoms with Crippen LogP contribution in [0.25, 0.3) is 0 Å². The molecule has 1 heterocycles. The molecule has 1 aliphatic rings. The molecule has 2 rings (SSSR count). The van der Waals surface area contributed by atoms with Gasteiger partial charge in [0.25, 0.3) is 0 Å². The van der Waals surface area contributed by atoms with E-state index in [1.807, 2.05) is 29.2 Å². The number of benzene rings is 1. The highest BCUT2D eigenvalue weighted by atomic mass is 35.5. The summed E-state index contributed by atoms with van der Waals surface area (Å²) >= 11 is 6.03. The van der Waals surface area contributed by atoms with Crippen LogP contribution >= 0.6 is 11.6 Å². The molecule has 3 heteroatoms. The Morgan fingerprint density at radius 2 is 1.88 bits per heavy atom. The number of nitrogens with zero attached hydrogens (tertiary/aromatic N) is 1. The third kappa shape index (κ3) is 3.47. The lowest BCUT2D eigenvalue weighted by atomic mass is 10.1. The van der Waals surface area contributed by atoms with Gasteiger partial charge in [-0.3, -0.25) is 4.79 Å². The van der Waals surface area contributed by atoms with Crippen LogP contribution < -0.4 is 0 Å². The van der Waals surface area contributed by atoms with Crippen molar-refractivity contribution in [1.29, 1.82) is 0 Å². The monoisotopic (exact) mass is 251 g/mol. The first-order valence-electron chi connectivity index (χ1n) is 6.12. The second-order valence-corrected chi connectivity index (χ2v) is 5.34. The van der Waals surface area contributed by atoms with E-state index in [1.54, 1.807) is 0 Å². The Morgan fingerprint density at radius 1 is 1.29 bits per heavy atom. The van der Waals surface area contributed by atoms with Crippen LogP contribution in [0, 0.1) is 6.92 Å². The predicted molar refractivity (Wildman–Crippen MR) is 70.3 cm³/mol. The average Bonchev–Trinajstić information content (AvgIpc) is 2.33. The van der Waals surface area contributed by atoms with Gasteiger partial charge < -0.3 is 4.90 Å². The van der Waals surface area contributed by atoms with E-state index in [9.17, 15) is 4.79 Å². The van der Waals surface area contributed by atoms with Crippen LogP contribution in [0.5, 0.6) is 0 Å². The van der Waals surface area contributed by atoms with Gasteiger partial charge in [-0.1, -0.05) is 29.8 Å². The molecule has 0 spiro atoms. The summed E-state index contributed by atoms with van der Waals surface area (Å²) in [5, 5.41) is 0.249. The third-order valence-electron chi connectivity index (χ3n) is 3.25. The van der Waals surface area contributed by atoms with Gasteiger partial charge in [-0.25, -0.2) is 0 Å². The summed E-state index contributed by atoms with van der Waals surface area (Å²) in [6.07, 6.45) is 2.34. The molecule has 0 bridgehead atoms.